The van der Waals surface area contributed by atoms with Crippen molar-refractivity contribution in [3.8, 4) is 0 Å². The molecule has 0 saturated carbocycles. The Kier molecular flexibility index (Phi) is 15.3. The van der Waals surface area contributed by atoms with Crippen LogP contribution in [0.1, 0.15) is 95.0 Å². The quantitative estimate of drug-likeness (QED) is 0.129. The molecule has 0 spiro atoms. The van der Waals surface area contributed by atoms with Crippen LogP contribution >= 0.6 is 0 Å². The smallest absolute Gasteiger partial charge is 0.550 e. The van der Waals surface area contributed by atoms with Gasteiger partial charge >= 0.3 is 29.6 Å². The van der Waals surface area contributed by atoms with Gasteiger partial charge in [-0.2, -0.15) is 0 Å². The Morgan fingerprint density at radius 3 is 1.93 bits per heavy atom. The van der Waals surface area contributed by atoms with Crippen molar-refractivity contribution in [3.63, 3.8) is 0 Å². The van der Waals surface area contributed by atoms with Gasteiger partial charge < -0.3 is 19.8 Å². The SMILES string of the molecule is CCc1c(C(=O)c2cccc(NCC(CCCc3ccc(C)cc3)CCCc3ccc(C)cc3)c2)cc(CCCC(=O)[O-])n1C.[Na+]. The molecule has 0 saturated heterocycles. The van der Waals surface area contributed by atoms with E-state index >= 15 is 0 Å². The van der Waals surface area contributed by atoms with E-state index < -0.39 is 5.97 Å². The van der Waals surface area contributed by atoms with Crippen LogP contribution in [-0.4, -0.2) is 22.9 Å². The summed E-state index contributed by atoms with van der Waals surface area (Å²) in [5.41, 5.74) is 9.66. The molecule has 1 N–H and O–H groups in total. The van der Waals surface area contributed by atoms with Crippen LogP contribution in [0, 0.1) is 19.8 Å². The number of nitrogens with zero attached hydrogens (tertiary/aromatic N) is 1. The van der Waals surface area contributed by atoms with Gasteiger partial charge in [-0.15, -0.1) is 0 Å². The van der Waals surface area contributed by atoms with Gasteiger partial charge in [-0.05, 0) is 113 Å². The van der Waals surface area contributed by atoms with E-state index in [2.05, 4.69) is 67.7 Å². The number of nitrogens with one attached hydrogen (secondary N) is 1. The summed E-state index contributed by atoms with van der Waals surface area (Å²) >= 11 is 0. The summed E-state index contributed by atoms with van der Waals surface area (Å²) in [6, 6.07) is 27.6. The third-order valence-electron chi connectivity index (χ3n) is 8.97. The van der Waals surface area contributed by atoms with Crippen molar-refractivity contribution in [2.75, 3.05) is 11.9 Å². The largest absolute Gasteiger partial charge is 1.00 e. The molecule has 0 fully saturated rings. The molecule has 0 bridgehead atoms. The first-order chi connectivity index (χ1) is 21.7. The molecule has 0 radical (unpaired) electrons. The second kappa shape index (κ2) is 18.9. The number of aryl methyl sites for hydroxylation is 5. The van der Waals surface area contributed by atoms with Crippen molar-refractivity contribution in [1.29, 1.82) is 0 Å². The Bertz CT molecular complexity index is 1490. The normalized spacial score (nSPS) is 11.0. The molecule has 1 aromatic heterocycles. The minimum Gasteiger partial charge on any atom is -0.550 e. The van der Waals surface area contributed by atoms with Crippen molar-refractivity contribution in [3.05, 3.63) is 124 Å². The first-order valence-corrected chi connectivity index (χ1v) is 16.6. The fourth-order valence-electron chi connectivity index (χ4n) is 6.21. The van der Waals surface area contributed by atoms with E-state index in [9.17, 15) is 14.7 Å². The number of anilines is 1. The molecule has 0 aliphatic rings. The van der Waals surface area contributed by atoms with E-state index in [-0.39, 0.29) is 41.8 Å². The van der Waals surface area contributed by atoms with Crippen molar-refractivity contribution in [2.45, 2.75) is 85.0 Å². The summed E-state index contributed by atoms with van der Waals surface area (Å²) in [6.07, 6.45) is 8.61. The molecule has 0 aliphatic heterocycles. The van der Waals surface area contributed by atoms with Crippen molar-refractivity contribution < 1.29 is 44.3 Å². The maximum Gasteiger partial charge on any atom is 1.00 e. The molecule has 4 rings (SSSR count). The van der Waals surface area contributed by atoms with Crippen LogP contribution in [0.3, 0.4) is 0 Å². The fourth-order valence-corrected chi connectivity index (χ4v) is 6.21. The van der Waals surface area contributed by atoms with E-state index in [4.69, 9.17) is 0 Å². The molecule has 0 amide bonds. The molecule has 0 aliphatic carbocycles. The summed E-state index contributed by atoms with van der Waals surface area (Å²) in [7, 11) is 1.96. The van der Waals surface area contributed by atoms with Gasteiger partial charge in [-0.1, -0.05) is 78.7 Å². The molecule has 3 aromatic carbocycles. The Balaban J connectivity index is 0.00000576. The number of carbonyl (C=O) groups excluding carboxylic acids is 2. The van der Waals surface area contributed by atoms with Crippen LogP contribution in [0.4, 0.5) is 5.69 Å². The van der Waals surface area contributed by atoms with Gasteiger partial charge in [0.1, 0.15) is 0 Å². The van der Waals surface area contributed by atoms with Gasteiger partial charge in [0.2, 0.25) is 0 Å². The van der Waals surface area contributed by atoms with E-state index in [1.54, 1.807) is 0 Å². The van der Waals surface area contributed by atoms with E-state index in [1.807, 2.05) is 48.9 Å². The van der Waals surface area contributed by atoms with Gasteiger partial charge in [-0.25, -0.2) is 0 Å². The van der Waals surface area contributed by atoms with Crippen LogP contribution in [0.25, 0.3) is 0 Å². The fraction of sp³-hybridized carbons (Fsp3) is 0.400. The molecular weight excluding hydrogens is 579 g/mol. The minimum absolute atomic E-state index is 0. The zero-order chi connectivity index (χ0) is 32.2. The number of benzene rings is 3. The molecule has 5 nitrogen and oxygen atoms in total. The van der Waals surface area contributed by atoms with Crippen LogP contribution in [-0.2, 0) is 37.5 Å². The molecule has 46 heavy (non-hydrogen) atoms. The third-order valence-corrected chi connectivity index (χ3v) is 8.97. The van der Waals surface area contributed by atoms with Gasteiger partial charge in [-0.3, -0.25) is 4.79 Å². The zero-order valence-electron chi connectivity index (χ0n) is 28.5. The molecule has 1 heterocycles. The number of aliphatic carboxylic acids is 1. The summed E-state index contributed by atoms with van der Waals surface area (Å²) in [4.78, 5) is 24.6. The van der Waals surface area contributed by atoms with E-state index in [0.717, 1.165) is 68.6 Å². The van der Waals surface area contributed by atoms with Crippen LogP contribution in [0.15, 0.2) is 78.9 Å². The number of aromatic nitrogens is 1. The molecule has 238 valence electrons. The first-order valence-electron chi connectivity index (χ1n) is 16.6. The number of hydrogen-bond acceptors (Lipinski definition) is 4. The molecule has 0 unspecified atom stereocenters. The standard InChI is InChI=1S/C40H50N2O3.Na/c1-5-38-37(27-36(42(38)4)16-9-17-39(43)44)40(45)34-14-8-15-35(26-34)41-28-33(12-6-10-31-22-18-29(2)19-23-31)13-7-11-32-24-20-30(3)21-25-32;/h8,14-15,18-27,33,41H,5-7,9-13,16-17,28H2,1-4H3,(H,43,44);/q;+1/p-1. The van der Waals surface area contributed by atoms with Crippen molar-refractivity contribution in [2.24, 2.45) is 13.0 Å². The number of rotatable bonds is 18. The van der Waals surface area contributed by atoms with Crippen molar-refractivity contribution >= 4 is 17.4 Å². The molecule has 4 aromatic rings. The maximum absolute atomic E-state index is 13.7. The number of carboxylic acid groups (broad SMARTS) is 1. The summed E-state index contributed by atoms with van der Waals surface area (Å²) < 4.78 is 2.04. The summed E-state index contributed by atoms with van der Waals surface area (Å²) in [5.74, 6) is -0.505. The number of carboxylic acids is 1. The maximum atomic E-state index is 13.7. The van der Waals surface area contributed by atoms with E-state index in [0.29, 0.717) is 29.9 Å². The van der Waals surface area contributed by atoms with Gasteiger partial charge in [0, 0.05) is 47.8 Å². The van der Waals surface area contributed by atoms with Gasteiger partial charge in [0.15, 0.2) is 5.78 Å². The topological polar surface area (TPSA) is 74.2 Å². The van der Waals surface area contributed by atoms with Crippen LogP contribution in [0.2, 0.25) is 0 Å². The molecular formula is C40H49N2NaO3. The summed E-state index contributed by atoms with van der Waals surface area (Å²) in [6.45, 7) is 7.18. The Labute approximate surface area is 298 Å². The number of hydrogen-bond donors (Lipinski definition) is 1. The first kappa shape index (κ1) is 37.3. The minimum atomic E-state index is -1.04. The Morgan fingerprint density at radius 1 is 0.804 bits per heavy atom. The second-order valence-corrected chi connectivity index (χ2v) is 12.5. The average Bonchev–Trinajstić information content (AvgIpc) is 3.35. The Hall–Kier alpha value is -3.12. The van der Waals surface area contributed by atoms with Gasteiger partial charge in [0.25, 0.3) is 0 Å². The predicted molar refractivity (Wildman–Crippen MR) is 183 cm³/mol. The summed E-state index contributed by atoms with van der Waals surface area (Å²) in [5, 5.41) is 14.6. The average molecular weight is 629 g/mol. The van der Waals surface area contributed by atoms with Crippen molar-refractivity contribution in [1.82, 2.24) is 4.57 Å². The Morgan fingerprint density at radius 2 is 1.39 bits per heavy atom. The molecule has 6 heteroatoms. The second-order valence-electron chi connectivity index (χ2n) is 12.5. The van der Waals surface area contributed by atoms with Crippen LogP contribution in [0.5, 0.6) is 0 Å². The van der Waals surface area contributed by atoms with Crippen LogP contribution < -0.4 is 40.0 Å². The van der Waals surface area contributed by atoms with E-state index in [1.165, 1.54) is 22.3 Å². The predicted octanol–water partition coefficient (Wildman–Crippen LogP) is 4.59. The third kappa shape index (κ3) is 11.3. The number of carbonyl (C=O) groups is 2. The molecule has 0 atom stereocenters. The van der Waals surface area contributed by atoms with Gasteiger partial charge in [0.05, 0.1) is 0 Å². The number of ketones is 1. The zero-order valence-corrected chi connectivity index (χ0v) is 30.5. The monoisotopic (exact) mass is 628 g/mol.